The first kappa shape index (κ1) is 63.6. The van der Waals surface area contributed by atoms with Gasteiger partial charge in [-0.1, -0.05) is 449 Å². The Morgan fingerprint density at radius 2 is 0.379 bits per heavy atom. The van der Waals surface area contributed by atoms with Crippen LogP contribution in [0, 0.1) is 0 Å². The molecule has 0 N–H and O–H groups in total. The summed E-state index contributed by atoms with van der Waals surface area (Å²) in [5, 5.41) is 17.9. The normalized spacial score (nSPS) is 13.1. The summed E-state index contributed by atoms with van der Waals surface area (Å²) in [4.78, 5) is 0. The second-order valence-electron chi connectivity index (χ2n) is 33.1. The fourth-order valence-corrected chi connectivity index (χ4v) is 19.6. The Hall–Kier alpha value is -17.3. The maximum Gasteiger partial charge on any atom is 0.136 e. The minimum atomic E-state index is -0.447. The molecule has 0 amide bonds. The Morgan fingerprint density at radius 3 is 0.811 bits per heavy atom. The highest BCUT2D eigenvalue weighted by atomic mass is 16.3. The Bertz CT molecular complexity index is 9700. The zero-order chi connectivity index (χ0) is 100. The van der Waals surface area contributed by atoms with Crippen molar-refractivity contribution in [3.05, 3.63) is 509 Å². The molecule has 0 aliphatic carbocycles. The van der Waals surface area contributed by atoms with Crippen LogP contribution in [0.25, 0.3) is 253 Å². The number of rotatable bonds is 12. The predicted octanol–water partition coefficient (Wildman–Crippen LogP) is 36.9. The Balaban J connectivity index is 0.000000118. The molecule has 0 saturated heterocycles. The highest BCUT2D eigenvalue weighted by Gasteiger charge is 2.24. The van der Waals surface area contributed by atoms with E-state index in [1.54, 1.807) is 12.1 Å². The molecule has 0 aliphatic rings. The van der Waals surface area contributed by atoms with E-state index in [1.165, 1.54) is 99.1 Å². The van der Waals surface area contributed by atoms with Gasteiger partial charge in [0.25, 0.3) is 0 Å². The van der Waals surface area contributed by atoms with Gasteiger partial charge in [0.1, 0.15) is 22.3 Å². The molecule has 0 bridgehead atoms. The summed E-state index contributed by atoms with van der Waals surface area (Å²) in [6, 6.07) is 140. The summed E-state index contributed by atoms with van der Waals surface area (Å²) in [5.74, 6) is 0. The van der Waals surface area contributed by atoms with Gasteiger partial charge in [-0.2, -0.15) is 0 Å². The minimum Gasteiger partial charge on any atom is -0.456 e. The van der Waals surface area contributed by atoms with E-state index in [2.05, 4.69) is 267 Å². The number of hydrogen-bond donors (Lipinski definition) is 0. The van der Waals surface area contributed by atoms with Crippen molar-refractivity contribution in [1.29, 1.82) is 0 Å². The SMILES string of the molecule is [2H]c1c([2H])c([2H])c(-c2c3ccccc3c(-c3ccc4oc5ccc(-c6ccc(-c7ccccc7)cc6)cc5c4c3)c3ccccc23)c([2H])c1[2H].[2H]c1c([2H])c([2H])c(-c2ccc3c(c2)oc2ccc(-c4c5ccccc5c(-c5c([2H])c([2H])c([2H])c([2H])c5[2H])c5ccccc45)cc23)c([2H])c1[2H].c1ccc(-c2ccc3c(-c4ccc(-c5cccc6ccccc56)cc4)c4cc(-c5ccccc5)ccc4c(-c4ccccc4)c3c2)cc1. The van der Waals surface area contributed by atoms with Crippen LogP contribution in [0.4, 0.5) is 0 Å². The fraction of sp³-hybridized carbons (Fsp3) is 0. The van der Waals surface area contributed by atoms with Crippen LogP contribution in [-0.4, -0.2) is 0 Å². The van der Waals surface area contributed by atoms with E-state index in [0.717, 1.165) is 109 Å². The molecule has 0 radical (unpaired) electrons. The topological polar surface area (TPSA) is 26.3 Å². The molecule has 26 rings (SSSR count). The molecular weight excluding hydrogens is 1590 g/mol. The van der Waals surface area contributed by atoms with Gasteiger partial charge in [-0.25, -0.2) is 0 Å². The van der Waals surface area contributed by atoms with Gasteiger partial charge in [-0.3, -0.25) is 0 Å². The van der Waals surface area contributed by atoms with E-state index in [0.29, 0.717) is 27.9 Å². The first-order chi connectivity index (χ1) is 71.7. The molecule has 2 aromatic heterocycles. The molecule has 616 valence electrons. The third-order valence-electron chi connectivity index (χ3n) is 25.7. The van der Waals surface area contributed by atoms with E-state index < -0.39 is 30.2 Å². The van der Waals surface area contributed by atoms with Crippen LogP contribution in [0.2, 0.25) is 0 Å². The summed E-state index contributed by atoms with van der Waals surface area (Å²) in [5.41, 5.74) is 25.6. The van der Waals surface area contributed by atoms with Crippen molar-refractivity contribution in [2.24, 2.45) is 0 Å². The van der Waals surface area contributed by atoms with Crippen molar-refractivity contribution in [3.63, 3.8) is 0 Å². The van der Waals surface area contributed by atoms with Crippen molar-refractivity contribution in [2.45, 2.75) is 0 Å². The first-order valence-corrected chi connectivity index (χ1v) is 44.2. The second-order valence-corrected chi connectivity index (χ2v) is 33.1. The Labute approximate surface area is 786 Å². The van der Waals surface area contributed by atoms with Crippen LogP contribution in [0.1, 0.15) is 20.6 Å². The van der Waals surface area contributed by atoms with Gasteiger partial charge in [-0.05, 0) is 270 Å². The maximum atomic E-state index is 8.84. The van der Waals surface area contributed by atoms with Gasteiger partial charge in [0.2, 0.25) is 0 Å². The van der Waals surface area contributed by atoms with Crippen LogP contribution in [-0.2, 0) is 0 Å². The van der Waals surface area contributed by atoms with Crippen LogP contribution >= 0.6 is 0 Å². The van der Waals surface area contributed by atoms with Gasteiger partial charge < -0.3 is 8.83 Å². The summed E-state index contributed by atoms with van der Waals surface area (Å²) < 4.78 is 139. The van der Waals surface area contributed by atoms with Crippen LogP contribution in [0.15, 0.2) is 518 Å². The minimum absolute atomic E-state index is 0.103. The van der Waals surface area contributed by atoms with Crippen LogP contribution < -0.4 is 0 Å². The lowest BCUT2D eigenvalue weighted by Crippen LogP contribution is -1.93. The summed E-state index contributed by atoms with van der Waals surface area (Å²) in [7, 11) is 0. The monoisotopic (exact) mass is 1690 g/mol. The van der Waals surface area contributed by atoms with Crippen molar-refractivity contribution in [2.75, 3.05) is 0 Å². The van der Waals surface area contributed by atoms with Crippen molar-refractivity contribution in [1.82, 2.24) is 0 Å². The smallest absolute Gasteiger partial charge is 0.136 e. The highest BCUT2D eigenvalue weighted by molar-refractivity contribution is 6.26. The maximum absolute atomic E-state index is 8.84. The summed E-state index contributed by atoms with van der Waals surface area (Å²) in [6.07, 6.45) is 0. The molecule has 2 nitrogen and oxygen atoms in total. The van der Waals surface area contributed by atoms with Gasteiger partial charge in [0.15, 0.2) is 0 Å². The lowest BCUT2D eigenvalue weighted by molar-refractivity contribution is 0.668. The van der Waals surface area contributed by atoms with Crippen molar-refractivity contribution >= 4 is 119 Å². The molecule has 2 heterocycles. The Kier molecular flexibility index (Phi) is 16.3. The quantitative estimate of drug-likeness (QED) is 0.114. The molecule has 26 aromatic rings. The number of hydrogen-bond acceptors (Lipinski definition) is 2. The molecule has 24 aromatic carbocycles. The zero-order valence-electron chi connectivity index (χ0n) is 86.2. The molecule has 132 heavy (non-hydrogen) atoms. The van der Waals surface area contributed by atoms with Gasteiger partial charge in [0.05, 0.1) is 20.6 Å². The van der Waals surface area contributed by atoms with E-state index in [9.17, 15) is 0 Å². The van der Waals surface area contributed by atoms with Gasteiger partial charge >= 0.3 is 0 Å². The predicted molar refractivity (Wildman–Crippen MR) is 562 cm³/mol. The number of furan rings is 2. The molecule has 2 heteroatoms. The lowest BCUT2D eigenvalue weighted by Gasteiger charge is -2.20. The lowest BCUT2D eigenvalue weighted by atomic mass is 9.83. The molecule has 0 aliphatic heterocycles. The van der Waals surface area contributed by atoms with Gasteiger partial charge in [0, 0.05) is 21.5 Å². The average Bonchev–Trinajstić information content (AvgIpc) is 1.71. The van der Waals surface area contributed by atoms with E-state index in [-0.39, 0.29) is 77.1 Å². The third kappa shape index (κ3) is 14.3. The molecule has 0 unspecified atom stereocenters. The first-order valence-electron chi connectivity index (χ1n) is 51.7. The highest BCUT2D eigenvalue weighted by Crippen LogP contribution is 2.51. The van der Waals surface area contributed by atoms with Crippen LogP contribution in [0.5, 0.6) is 0 Å². The molecule has 0 atom stereocenters. The molecule has 0 fully saturated rings. The van der Waals surface area contributed by atoms with E-state index in [4.69, 9.17) is 29.4 Å². The average molecular weight is 1690 g/mol. The van der Waals surface area contributed by atoms with Crippen LogP contribution in [0.3, 0.4) is 0 Å². The molecule has 0 saturated carbocycles. The van der Waals surface area contributed by atoms with Crippen molar-refractivity contribution < 1.29 is 29.4 Å². The standard InChI is InChI=1S/C48H32.C44H28O.C38H24O/c1-4-13-33(14-5-1)39-28-30-44-45(31-39)47(37-18-8-3-9-19-37)43-29-27-40(34-15-6-2-7-16-34)32-46(43)48(44)38-25-23-36(24-26-38)42-22-12-20-35-17-10-11-21-41(35)42;1-3-11-29(12-4-1)30-19-21-31(22-20-30)33-23-25-41-39(27-33)40-28-34(24-26-42(40)45-41)44-37-17-9-7-15-35(37)43(32-13-5-2-6-14-32)36-16-8-10-18-38(36)44;1-3-11-25(12-4-1)27-19-21-29-34-23-28(20-22-35(34)39-36(29)24-27)38-32-17-9-7-15-30(32)37(26-13-5-2-6-14-26)31-16-8-10-18-33(31)38/h1-32H;1-28H;1-24H/i;2D,5D,6D,13D,14D;1D,2D,3D,4D,5D,6D,11D,12D,13D,14D. The van der Waals surface area contributed by atoms with E-state index in [1.807, 2.05) is 140 Å². The molecular formula is C130H84O2. The molecule has 0 spiro atoms. The van der Waals surface area contributed by atoms with E-state index >= 15 is 0 Å². The number of fused-ring (bicyclic) bond motifs is 13. The zero-order valence-corrected chi connectivity index (χ0v) is 71.2. The van der Waals surface area contributed by atoms with Gasteiger partial charge in [-0.15, -0.1) is 0 Å². The fourth-order valence-electron chi connectivity index (χ4n) is 19.6. The largest absolute Gasteiger partial charge is 0.456 e. The van der Waals surface area contributed by atoms with Crippen molar-refractivity contribution in [3.8, 4) is 134 Å². The third-order valence-corrected chi connectivity index (χ3v) is 25.7. The second kappa shape index (κ2) is 33.8. The Morgan fingerprint density at radius 1 is 0.129 bits per heavy atom. The number of benzene rings is 24. The summed E-state index contributed by atoms with van der Waals surface area (Å²) in [6.45, 7) is 0. The summed E-state index contributed by atoms with van der Waals surface area (Å²) >= 11 is 0.